The summed E-state index contributed by atoms with van der Waals surface area (Å²) < 4.78 is 0.761. The summed E-state index contributed by atoms with van der Waals surface area (Å²) in [5.74, 6) is -0.388. The number of hydrogen-bond donors (Lipinski definition) is 1. The van der Waals surface area contributed by atoms with E-state index in [1.54, 1.807) is 24.3 Å². The lowest BCUT2D eigenvalue weighted by Gasteiger charge is -2.39. The van der Waals surface area contributed by atoms with Crippen LogP contribution in [-0.4, -0.2) is 65.6 Å². The van der Waals surface area contributed by atoms with Gasteiger partial charge in [0, 0.05) is 0 Å². The number of fused-ring (bicyclic) bond motifs is 1. The highest BCUT2D eigenvalue weighted by Gasteiger charge is 2.37. The highest BCUT2D eigenvalue weighted by atomic mass is 16.3. The molecule has 0 unspecified atom stereocenters. The summed E-state index contributed by atoms with van der Waals surface area (Å²) in [5, 5.41) is 9.43. The van der Waals surface area contributed by atoms with Gasteiger partial charge in [0.05, 0.1) is 43.9 Å². The van der Waals surface area contributed by atoms with Gasteiger partial charge in [-0.25, -0.2) is 0 Å². The summed E-state index contributed by atoms with van der Waals surface area (Å²) in [6.07, 6.45) is 2.03. The first kappa shape index (κ1) is 17.6. The molecule has 0 fully saturated rings. The fraction of sp³-hybridized carbons (Fsp3) is 0.556. The van der Waals surface area contributed by atoms with E-state index < -0.39 is 0 Å². The Morgan fingerprint density at radius 2 is 1.43 bits per heavy atom. The van der Waals surface area contributed by atoms with Crippen molar-refractivity contribution >= 4 is 11.8 Å². The first-order valence-corrected chi connectivity index (χ1v) is 8.49. The third kappa shape index (κ3) is 3.62. The smallest absolute Gasteiger partial charge is 0.261 e. The SMILES string of the molecule is CCC[N+](CCC)(CCO)CCN1C(=O)c2ccccc2C1=O. The molecule has 1 aliphatic rings. The topological polar surface area (TPSA) is 57.6 Å². The third-order valence-corrected chi connectivity index (χ3v) is 4.65. The second-order valence-electron chi connectivity index (χ2n) is 6.27. The molecule has 0 spiro atoms. The number of nitrogens with zero attached hydrogens (tertiary/aromatic N) is 2. The van der Waals surface area contributed by atoms with Gasteiger partial charge in [0.1, 0.15) is 6.54 Å². The van der Waals surface area contributed by atoms with Gasteiger partial charge in [0.2, 0.25) is 0 Å². The number of aliphatic hydroxyl groups excluding tert-OH is 1. The van der Waals surface area contributed by atoms with E-state index in [1.807, 2.05) is 0 Å². The van der Waals surface area contributed by atoms with Crippen LogP contribution in [0.4, 0.5) is 0 Å². The minimum Gasteiger partial charge on any atom is -0.391 e. The van der Waals surface area contributed by atoms with Crippen molar-refractivity contribution in [2.24, 2.45) is 0 Å². The molecule has 0 aliphatic carbocycles. The van der Waals surface area contributed by atoms with E-state index in [0.29, 0.717) is 30.8 Å². The van der Waals surface area contributed by atoms with Crippen LogP contribution in [0, 0.1) is 0 Å². The van der Waals surface area contributed by atoms with E-state index in [9.17, 15) is 14.7 Å². The van der Waals surface area contributed by atoms with Gasteiger partial charge in [-0.15, -0.1) is 0 Å². The van der Waals surface area contributed by atoms with E-state index in [1.165, 1.54) is 4.90 Å². The van der Waals surface area contributed by atoms with Gasteiger partial charge >= 0.3 is 0 Å². The maximum atomic E-state index is 12.4. The van der Waals surface area contributed by atoms with Crippen LogP contribution >= 0.6 is 0 Å². The molecule has 1 aromatic rings. The number of aliphatic hydroxyl groups is 1. The van der Waals surface area contributed by atoms with E-state index in [-0.39, 0.29) is 18.4 Å². The van der Waals surface area contributed by atoms with Gasteiger partial charge in [-0.3, -0.25) is 14.5 Å². The predicted molar refractivity (Wildman–Crippen MR) is 89.2 cm³/mol. The molecule has 2 amide bonds. The Balaban J connectivity index is 2.12. The Morgan fingerprint density at radius 3 is 1.87 bits per heavy atom. The van der Waals surface area contributed by atoms with Crippen molar-refractivity contribution in [1.82, 2.24) is 4.90 Å². The molecule has 0 atom stereocenters. The molecular formula is C18H27N2O3+. The van der Waals surface area contributed by atoms with Gasteiger partial charge < -0.3 is 9.59 Å². The van der Waals surface area contributed by atoms with Crippen LogP contribution in [0.2, 0.25) is 0 Å². The number of amides is 2. The first-order valence-electron chi connectivity index (χ1n) is 8.49. The van der Waals surface area contributed by atoms with Crippen LogP contribution in [0.3, 0.4) is 0 Å². The maximum absolute atomic E-state index is 12.4. The summed E-state index contributed by atoms with van der Waals surface area (Å²) in [5.41, 5.74) is 1.01. The maximum Gasteiger partial charge on any atom is 0.261 e. The van der Waals surface area contributed by atoms with E-state index in [0.717, 1.165) is 30.4 Å². The summed E-state index contributed by atoms with van der Waals surface area (Å²) in [4.78, 5) is 26.3. The molecule has 23 heavy (non-hydrogen) atoms. The molecule has 0 saturated carbocycles. The standard InChI is InChI=1S/C18H27N2O3/c1-3-10-20(11-4-2,13-14-21)12-9-19-17(22)15-7-5-6-8-16(15)18(19)23/h5-8,21H,3-4,9-14H2,1-2H3/q+1. The van der Waals surface area contributed by atoms with Gasteiger partial charge in [-0.1, -0.05) is 26.0 Å². The molecule has 1 aliphatic heterocycles. The van der Waals surface area contributed by atoms with Crippen molar-refractivity contribution in [3.8, 4) is 0 Å². The second-order valence-corrected chi connectivity index (χ2v) is 6.27. The summed E-state index contributed by atoms with van der Waals surface area (Å²) >= 11 is 0. The molecule has 1 N–H and O–H groups in total. The zero-order valence-electron chi connectivity index (χ0n) is 14.1. The molecule has 0 bridgehead atoms. The molecule has 2 rings (SSSR count). The molecule has 1 heterocycles. The van der Waals surface area contributed by atoms with Gasteiger partial charge in [0.15, 0.2) is 0 Å². The average Bonchev–Trinajstić information content (AvgIpc) is 2.78. The Kier molecular flexibility index (Phi) is 5.91. The van der Waals surface area contributed by atoms with Crippen LogP contribution in [0.5, 0.6) is 0 Å². The number of rotatable bonds is 9. The van der Waals surface area contributed by atoms with Crippen molar-refractivity contribution in [3.63, 3.8) is 0 Å². The number of benzene rings is 1. The Hall–Kier alpha value is -1.72. The van der Waals surface area contributed by atoms with Crippen molar-refractivity contribution in [2.45, 2.75) is 26.7 Å². The normalized spacial score (nSPS) is 14.5. The van der Waals surface area contributed by atoms with Gasteiger partial charge in [-0.05, 0) is 25.0 Å². The van der Waals surface area contributed by atoms with Crippen molar-refractivity contribution in [3.05, 3.63) is 35.4 Å². The molecule has 126 valence electrons. The highest BCUT2D eigenvalue weighted by molar-refractivity contribution is 6.21. The molecule has 0 aromatic heterocycles. The fourth-order valence-corrected chi connectivity index (χ4v) is 3.59. The number of carbonyl (C=O) groups is 2. The molecule has 5 heteroatoms. The lowest BCUT2D eigenvalue weighted by Crippen LogP contribution is -2.54. The van der Waals surface area contributed by atoms with Crippen LogP contribution in [0.15, 0.2) is 24.3 Å². The zero-order chi connectivity index (χ0) is 16.9. The highest BCUT2D eigenvalue weighted by Crippen LogP contribution is 2.23. The number of hydrogen-bond acceptors (Lipinski definition) is 3. The van der Waals surface area contributed by atoms with E-state index in [4.69, 9.17) is 0 Å². The van der Waals surface area contributed by atoms with E-state index >= 15 is 0 Å². The second kappa shape index (κ2) is 7.70. The third-order valence-electron chi connectivity index (χ3n) is 4.65. The Bertz CT molecular complexity index is 519. The number of quaternary nitrogens is 1. The molecule has 1 aromatic carbocycles. The Morgan fingerprint density at radius 1 is 0.913 bits per heavy atom. The average molecular weight is 319 g/mol. The van der Waals surface area contributed by atoms with E-state index in [2.05, 4.69) is 13.8 Å². The lowest BCUT2D eigenvalue weighted by atomic mass is 10.1. The summed E-state index contributed by atoms with van der Waals surface area (Å²) in [6, 6.07) is 6.99. The predicted octanol–water partition coefficient (Wildman–Crippen LogP) is 1.91. The zero-order valence-corrected chi connectivity index (χ0v) is 14.1. The summed E-state index contributed by atoms with van der Waals surface area (Å²) in [7, 11) is 0. The van der Waals surface area contributed by atoms with Crippen LogP contribution in [0.25, 0.3) is 0 Å². The van der Waals surface area contributed by atoms with Crippen molar-refractivity contribution in [2.75, 3.05) is 39.3 Å². The molecule has 5 nitrogen and oxygen atoms in total. The lowest BCUT2D eigenvalue weighted by molar-refractivity contribution is -0.927. The van der Waals surface area contributed by atoms with Crippen LogP contribution in [-0.2, 0) is 0 Å². The molecule has 0 saturated heterocycles. The molecular weight excluding hydrogens is 292 g/mol. The Labute approximate surface area is 138 Å². The van der Waals surface area contributed by atoms with Crippen LogP contribution in [0.1, 0.15) is 47.4 Å². The number of imide groups is 1. The summed E-state index contributed by atoms with van der Waals surface area (Å²) in [6.45, 7) is 8.08. The van der Waals surface area contributed by atoms with Gasteiger partial charge in [0.25, 0.3) is 11.8 Å². The number of carbonyl (C=O) groups excluding carboxylic acids is 2. The minimum atomic E-state index is -0.194. The van der Waals surface area contributed by atoms with Crippen LogP contribution < -0.4 is 0 Å². The van der Waals surface area contributed by atoms with Crippen molar-refractivity contribution in [1.29, 1.82) is 0 Å². The van der Waals surface area contributed by atoms with Crippen molar-refractivity contribution < 1.29 is 19.2 Å². The first-order chi connectivity index (χ1) is 11.1. The molecule has 0 radical (unpaired) electrons. The minimum absolute atomic E-state index is 0.127. The van der Waals surface area contributed by atoms with Gasteiger partial charge in [-0.2, -0.15) is 0 Å². The largest absolute Gasteiger partial charge is 0.391 e. The monoisotopic (exact) mass is 319 g/mol. The fourth-order valence-electron chi connectivity index (χ4n) is 3.59. The quantitative estimate of drug-likeness (QED) is 0.559.